The summed E-state index contributed by atoms with van der Waals surface area (Å²) in [5.74, 6) is 0. The van der Waals surface area contributed by atoms with Gasteiger partial charge >= 0.3 is 5.69 Å². The molecule has 0 atom stereocenters. The van der Waals surface area contributed by atoms with Crippen molar-refractivity contribution in [3.8, 4) is 0 Å². The van der Waals surface area contributed by atoms with E-state index < -0.39 is 0 Å². The first kappa shape index (κ1) is 15.6. The maximum atomic E-state index is 12.0. The number of rotatable bonds is 6. The summed E-state index contributed by atoms with van der Waals surface area (Å²) >= 11 is 5.00. The van der Waals surface area contributed by atoms with Crippen LogP contribution in [0.5, 0.6) is 0 Å². The predicted molar refractivity (Wildman–Crippen MR) is 80.4 cm³/mol. The van der Waals surface area contributed by atoms with Crippen molar-refractivity contribution >= 4 is 17.2 Å². The summed E-state index contributed by atoms with van der Waals surface area (Å²) in [6.07, 6.45) is 2.96. The first-order valence-corrected chi connectivity index (χ1v) is 6.80. The van der Waals surface area contributed by atoms with E-state index in [9.17, 15) is 9.59 Å². The van der Waals surface area contributed by atoms with Crippen molar-refractivity contribution in [1.29, 1.82) is 0 Å². The molecule has 0 aromatic carbocycles. The van der Waals surface area contributed by atoms with Gasteiger partial charge in [0.05, 0.1) is 4.99 Å². The highest BCUT2D eigenvalue weighted by Crippen LogP contribution is 2.22. The number of nitrogens with zero attached hydrogens (tertiary/aromatic N) is 2. The average molecular weight is 283 g/mol. The summed E-state index contributed by atoms with van der Waals surface area (Å²) in [5.41, 5.74) is 4.88. The number of hydrogen-bond acceptors (Lipinski definition) is 3. The summed E-state index contributed by atoms with van der Waals surface area (Å²) < 4.78 is 2.78. The standard InChI is InChI=1S/C13H21N3O2S/c1-4-15-9-6-10(17)16(12(15)18)8-5-7-13(2,3)11(14)19/h6,9H,4-5,7-8H2,1-3H3,(H2,14,19). The van der Waals surface area contributed by atoms with Crippen molar-refractivity contribution in [2.24, 2.45) is 11.1 Å². The minimum atomic E-state index is -0.261. The highest BCUT2D eigenvalue weighted by Gasteiger charge is 2.20. The fourth-order valence-corrected chi connectivity index (χ4v) is 1.91. The Morgan fingerprint density at radius 2 is 2.05 bits per heavy atom. The lowest BCUT2D eigenvalue weighted by molar-refractivity contribution is 0.424. The molecule has 1 heterocycles. The van der Waals surface area contributed by atoms with Gasteiger partial charge in [0.2, 0.25) is 0 Å². The van der Waals surface area contributed by atoms with Gasteiger partial charge in [-0.2, -0.15) is 0 Å². The molecule has 0 amide bonds. The first-order chi connectivity index (χ1) is 8.79. The van der Waals surface area contributed by atoms with Gasteiger partial charge in [0.25, 0.3) is 5.56 Å². The third kappa shape index (κ3) is 3.76. The van der Waals surface area contributed by atoms with Crippen molar-refractivity contribution < 1.29 is 0 Å². The zero-order chi connectivity index (χ0) is 14.6. The molecule has 0 unspecified atom stereocenters. The first-order valence-electron chi connectivity index (χ1n) is 6.40. The van der Waals surface area contributed by atoms with Crippen molar-refractivity contribution in [2.45, 2.75) is 46.7 Å². The zero-order valence-corrected chi connectivity index (χ0v) is 12.5. The van der Waals surface area contributed by atoms with Gasteiger partial charge in [-0.15, -0.1) is 0 Å². The van der Waals surface area contributed by atoms with E-state index in [0.717, 1.165) is 6.42 Å². The van der Waals surface area contributed by atoms with Gasteiger partial charge in [0, 0.05) is 30.8 Å². The Bertz CT molecular complexity index is 572. The minimum Gasteiger partial charge on any atom is -0.393 e. The number of hydrogen-bond donors (Lipinski definition) is 1. The van der Waals surface area contributed by atoms with Gasteiger partial charge in [-0.05, 0) is 19.8 Å². The second-order valence-electron chi connectivity index (χ2n) is 5.23. The van der Waals surface area contributed by atoms with E-state index >= 15 is 0 Å². The maximum absolute atomic E-state index is 12.0. The Morgan fingerprint density at radius 3 is 2.58 bits per heavy atom. The molecule has 19 heavy (non-hydrogen) atoms. The van der Waals surface area contributed by atoms with Crippen molar-refractivity contribution in [3.63, 3.8) is 0 Å². The summed E-state index contributed by atoms with van der Waals surface area (Å²) in [7, 11) is 0. The Kier molecular flexibility index (Phi) is 5.05. The van der Waals surface area contributed by atoms with Gasteiger partial charge in [-0.3, -0.25) is 9.36 Å². The Hall–Kier alpha value is -1.43. The molecule has 1 aromatic rings. The van der Waals surface area contributed by atoms with Crippen LogP contribution in [0.3, 0.4) is 0 Å². The fraction of sp³-hybridized carbons (Fsp3) is 0.615. The predicted octanol–water partition coefficient (Wildman–Crippen LogP) is 1.12. The molecule has 1 aromatic heterocycles. The minimum absolute atomic E-state index is 0.252. The monoisotopic (exact) mass is 283 g/mol. The molecule has 0 radical (unpaired) electrons. The molecule has 0 spiro atoms. The second-order valence-corrected chi connectivity index (χ2v) is 5.67. The van der Waals surface area contributed by atoms with Crippen LogP contribution >= 0.6 is 12.2 Å². The molecule has 0 bridgehead atoms. The van der Waals surface area contributed by atoms with E-state index in [1.165, 1.54) is 21.4 Å². The van der Waals surface area contributed by atoms with Crippen LogP contribution in [0, 0.1) is 5.41 Å². The highest BCUT2D eigenvalue weighted by molar-refractivity contribution is 7.80. The largest absolute Gasteiger partial charge is 0.393 e. The molecular formula is C13H21N3O2S. The van der Waals surface area contributed by atoms with Crippen LogP contribution in [-0.2, 0) is 13.1 Å². The molecule has 0 aliphatic heterocycles. The van der Waals surface area contributed by atoms with Crippen molar-refractivity contribution in [1.82, 2.24) is 9.13 Å². The molecule has 5 nitrogen and oxygen atoms in total. The van der Waals surface area contributed by atoms with Crippen LogP contribution in [0.4, 0.5) is 0 Å². The SMILES string of the molecule is CCn1ccc(=O)n(CCCC(C)(C)C(N)=S)c1=O. The lowest BCUT2D eigenvalue weighted by Crippen LogP contribution is -2.39. The maximum Gasteiger partial charge on any atom is 0.330 e. The summed E-state index contributed by atoms with van der Waals surface area (Å²) in [6, 6.07) is 1.42. The summed E-state index contributed by atoms with van der Waals surface area (Å²) in [6.45, 7) is 6.75. The molecule has 1 rings (SSSR count). The molecule has 2 N–H and O–H groups in total. The molecule has 0 saturated carbocycles. The van der Waals surface area contributed by atoms with Crippen LogP contribution in [0.2, 0.25) is 0 Å². The number of aryl methyl sites for hydroxylation is 1. The van der Waals surface area contributed by atoms with Crippen LogP contribution in [0.25, 0.3) is 0 Å². The van der Waals surface area contributed by atoms with E-state index in [0.29, 0.717) is 24.5 Å². The van der Waals surface area contributed by atoms with E-state index in [1.54, 1.807) is 0 Å². The number of aromatic nitrogens is 2. The molecule has 0 aliphatic carbocycles. The van der Waals surface area contributed by atoms with Crippen LogP contribution < -0.4 is 17.0 Å². The molecular weight excluding hydrogens is 262 g/mol. The number of nitrogens with two attached hydrogens (primary N) is 1. The number of thiocarbonyl (C=S) groups is 1. The third-order valence-electron chi connectivity index (χ3n) is 3.33. The van der Waals surface area contributed by atoms with Gasteiger partial charge < -0.3 is 10.3 Å². The Balaban J connectivity index is 2.82. The molecule has 0 aliphatic rings. The van der Waals surface area contributed by atoms with Gasteiger partial charge in [0.15, 0.2) is 0 Å². The van der Waals surface area contributed by atoms with Gasteiger partial charge in [0.1, 0.15) is 0 Å². The third-order valence-corrected chi connectivity index (χ3v) is 3.88. The van der Waals surface area contributed by atoms with E-state index in [1.807, 2.05) is 20.8 Å². The molecule has 6 heteroatoms. The topological polar surface area (TPSA) is 70.0 Å². The molecule has 106 valence electrons. The van der Waals surface area contributed by atoms with Gasteiger partial charge in [-0.25, -0.2) is 4.79 Å². The van der Waals surface area contributed by atoms with Crippen molar-refractivity contribution in [3.05, 3.63) is 33.1 Å². The van der Waals surface area contributed by atoms with Gasteiger partial charge in [-0.1, -0.05) is 26.1 Å². The van der Waals surface area contributed by atoms with Crippen LogP contribution in [-0.4, -0.2) is 14.1 Å². The summed E-state index contributed by atoms with van der Waals surface area (Å²) in [5, 5.41) is 0. The zero-order valence-electron chi connectivity index (χ0n) is 11.7. The van der Waals surface area contributed by atoms with E-state index in [2.05, 4.69) is 0 Å². The molecule has 0 saturated heterocycles. The highest BCUT2D eigenvalue weighted by atomic mass is 32.1. The van der Waals surface area contributed by atoms with E-state index in [-0.39, 0.29) is 16.7 Å². The lowest BCUT2D eigenvalue weighted by atomic mass is 9.88. The smallest absolute Gasteiger partial charge is 0.330 e. The Labute approximate surface area is 118 Å². The van der Waals surface area contributed by atoms with Crippen LogP contribution in [0.1, 0.15) is 33.6 Å². The quantitative estimate of drug-likeness (QED) is 0.794. The normalized spacial score (nSPS) is 11.5. The van der Waals surface area contributed by atoms with Crippen LogP contribution in [0.15, 0.2) is 21.9 Å². The molecule has 0 fully saturated rings. The second kappa shape index (κ2) is 6.14. The van der Waals surface area contributed by atoms with Crippen molar-refractivity contribution in [2.75, 3.05) is 0 Å². The summed E-state index contributed by atoms with van der Waals surface area (Å²) in [4.78, 5) is 24.1. The average Bonchev–Trinajstić information content (AvgIpc) is 2.33. The Morgan fingerprint density at radius 1 is 1.42 bits per heavy atom. The fourth-order valence-electron chi connectivity index (χ4n) is 1.81. The lowest BCUT2D eigenvalue weighted by Gasteiger charge is -2.22. The van der Waals surface area contributed by atoms with E-state index in [4.69, 9.17) is 18.0 Å².